The van der Waals surface area contributed by atoms with Gasteiger partial charge in [-0.3, -0.25) is 0 Å². The molecule has 0 amide bonds. The normalized spacial score (nSPS) is 6.50. The first-order valence-electron chi connectivity index (χ1n) is 1.04. The van der Waals surface area contributed by atoms with Crippen LogP contribution in [0.25, 0.3) is 0 Å². The third-order valence-corrected chi connectivity index (χ3v) is 0. The summed E-state index contributed by atoms with van der Waals surface area (Å²) in [4.78, 5) is 0. The summed E-state index contributed by atoms with van der Waals surface area (Å²) in [5.74, 6) is 0. The van der Waals surface area contributed by atoms with E-state index in [0.29, 0.717) is 5.03 Å². The molecule has 0 aromatic carbocycles. The topological polar surface area (TPSA) is 0 Å². The molecule has 0 spiro atoms. The monoisotopic (exact) mass is 76.0 g/mol. The van der Waals surface area contributed by atoms with Gasteiger partial charge in [-0.15, -0.1) is 0 Å². The Bertz CT molecular complexity index is 26.3. The van der Waals surface area contributed by atoms with Crippen molar-refractivity contribution in [3.05, 3.63) is 11.6 Å². The van der Waals surface area contributed by atoms with Crippen LogP contribution in [0.5, 0.6) is 0 Å². The van der Waals surface area contributed by atoms with Crippen LogP contribution >= 0.6 is 11.6 Å². The second kappa shape index (κ2) is 1.36. The molecule has 0 aromatic rings. The molecule has 0 heterocycles. The zero-order valence-corrected chi connectivity index (χ0v) is 3.34. The Morgan fingerprint density at radius 3 is 2.00 bits per heavy atom. The van der Waals surface area contributed by atoms with Crippen LogP contribution < -0.4 is 0 Å². The molecule has 4 heavy (non-hydrogen) atoms. The van der Waals surface area contributed by atoms with Crippen molar-refractivity contribution in [1.82, 2.24) is 0 Å². The molecule has 0 radical (unpaired) electrons. The number of hydrogen-bond donors (Lipinski definition) is 0. The van der Waals surface area contributed by atoms with Gasteiger partial charge in [0.2, 0.25) is 0 Å². The molecular formula is C3H5Cl. The van der Waals surface area contributed by atoms with Crippen molar-refractivity contribution >= 4 is 11.6 Å². The maximum atomic E-state index is 5.08. The van der Waals surface area contributed by atoms with E-state index in [4.69, 9.17) is 11.6 Å². The Kier molecular flexibility index (Phi) is 1.37. The molecule has 0 N–H and O–H groups in total. The largest absolute Gasteiger partial charge is 0.0901 e. The van der Waals surface area contributed by atoms with Crippen molar-refractivity contribution < 1.29 is 0 Å². The Balaban J connectivity index is 2.80. The minimum atomic E-state index is 0.639. The molecule has 0 aliphatic heterocycles. The van der Waals surface area contributed by atoms with E-state index >= 15 is 0 Å². The number of allylic oxidation sites excluding steroid dienone is 1. The van der Waals surface area contributed by atoms with E-state index in [9.17, 15) is 0 Å². The maximum Gasteiger partial charge on any atom is 0.00778 e. The van der Waals surface area contributed by atoms with E-state index in [1.54, 1.807) is 6.92 Å². The van der Waals surface area contributed by atoms with Crippen LogP contribution in [0.15, 0.2) is 11.6 Å². The van der Waals surface area contributed by atoms with E-state index in [2.05, 4.69) is 6.58 Å². The molecule has 0 aromatic heterocycles. The van der Waals surface area contributed by atoms with Gasteiger partial charge < -0.3 is 0 Å². The molecule has 1 heteroatoms. The van der Waals surface area contributed by atoms with Crippen molar-refractivity contribution in [2.75, 3.05) is 0 Å². The third-order valence-electron chi connectivity index (χ3n) is 0. The summed E-state index contributed by atoms with van der Waals surface area (Å²) in [5, 5.41) is 0.639. The second-order valence-corrected chi connectivity index (χ2v) is 1.32. The van der Waals surface area contributed by atoms with Gasteiger partial charge >= 0.3 is 0 Å². The molecule has 0 rings (SSSR count). The van der Waals surface area contributed by atoms with Gasteiger partial charge in [-0.2, -0.15) is 0 Å². The Hall–Kier alpha value is 0.0300. The van der Waals surface area contributed by atoms with E-state index < -0.39 is 0 Å². The molecule has 0 aliphatic rings. The molecule has 0 saturated carbocycles. The summed E-state index contributed by atoms with van der Waals surface area (Å²) >= 11 is 5.08. The molecule has 0 nitrogen and oxygen atoms in total. The molecule has 0 saturated heterocycles. The van der Waals surface area contributed by atoms with Crippen molar-refractivity contribution in [2.24, 2.45) is 0 Å². The van der Waals surface area contributed by atoms with Gasteiger partial charge in [0.25, 0.3) is 0 Å². The maximum absolute atomic E-state index is 5.08. The van der Waals surface area contributed by atoms with Gasteiger partial charge in [0.15, 0.2) is 0 Å². The highest BCUT2D eigenvalue weighted by atomic mass is 35.5. The number of halogens is 1. The third kappa shape index (κ3) is 2390. The highest BCUT2D eigenvalue weighted by Gasteiger charge is 1.55. The summed E-state index contributed by atoms with van der Waals surface area (Å²) in [7, 11) is 0. The molecule has 0 aliphatic carbocycles. The van der Waals surface area contributed by atoms with E-state index in [-0.39, 0.29) is 0 Å². The molecule has 0 atom stereocenters. The Morgan fingerprint density at radius 2 is 2.00 bits per heavy atom. The minimum Gasteiger partial charge on any atom is -0.0901 e. The average molecular weight is 76.5 g/mol. The SMILES string of the molecule is C=C(C)Cl. The Morgan fingerprint density at radius 1 is 2.00 bits per heavy atom. The van der Waals surface area contributed by atoms with Crippen molar-refractivity contribution in [1.29, 1.82) is 0 Å². The lowest BCUT2D eigenvalue weighted by atomic mass is 10.8. The molecule has 0 fully saturated rings. The second-order valence-electron chi connectivity index (χ2n) is 0.676. The fraction of sp³-hybridized carbons (Fsp3) is 0.333. The molecule has 0 unspecified atom stereocenters. The van der Waals surface area contributed by atoms with E-state index in [1.807, 2.05) is 0 Å². The van der Waals surface area contributed by atoms with Crippen LogP contribution in [0.1, 0.15) is 6.92 Å². The molecule has 24 valence electrons. The average Bonchev–Trinajstić information content (AvgIpc) is 0.811. The summed E-state index contributed by atoms with van der Waals surface area (Å²) in [5.41, 5.74) is 0. The van der Waals surface area contributed by atoms with Crippen molar-refractivity contribution in [3.8, 4) is 0 Å². The fourth-order valence-corrected chi connectivity index (χ4v) is 0. The summed E-state index contributed by atoms with van der Waals surface area (Å²) in [6.07, 6.45) is 0. The predicted octanol–water partition coefficient (Wildman–Crippen LogP) is 1.76. The standard InChI is InChI=1S/C3H5Cl/c1-3(2)4/h1H2,2H3. The van der Waals surface area contributed by atoms with Gasteiger partial charge in [-0.05, 0) is 6.92 Å². The molecular weight excluding hydrogens is 71.5 g/mol. The van der Waals surface area contributed by atoms with Crippen LogP contribution in [-0.2, 0) is 0 Å². The lowest BCUT2D eigenvalue weighted by Gasteiger charge is -1.61. The quantitative estimate of drug-likeness (QED) is 0.412. The van der Waals surface area contributed by atoms with Crippen LogP contribution in [0.3, 0.4) is 0 Å². The van der Waals surface area contributed by atoms with Crippen LogP contribution in [0.2, 0.25) is 0 Å². The first-order chi connectivity index (χ1) is 1.73. The smallest absolute Gasteiger partial charge is 0.00778 e. The lowest BCUT2D eigenvalue weighted by Crippen LogP contribution is -1.34. The van der Waals surface area contributed by atoms with Crippen LogP contribution in [0.4, 0.5) is 0 Å². The van der Waals surface area contributed by atoms with Gasteiger partial charge in [-0.1, -0.05) is 18.2 Å². The number of rotatable bonds is 0. The Labute approximate surface area is 31.1 Å². The first kappa shape index (κ1) is 4.03. The van der Waals surface area contributed by atoms with Gasteiger partial charge in [-0.25, -0.2) is 0 Å². The van der Waals surface area contributed by atoms with Gasteiger partial charge in [0.05, 0.1) is 0 Å². The summed E-state index contributed by atoms with van der Waals surface area (Å²) in [6, 6.07) is 0. The first-order valence-corrected chi connectivity index (χ1v) is 1.42. The van der Waals surface area contributed by atoms with Gasteiger partial charge in [0.1, 0.15) is 0 Å². The van der Waals surface area contributed by atoms with Gasteiger partial charge in [0, 0.05) is 5.03 Å². The lowest BCUT2D eigenvalue weighted by molar-refractivity contribution is 1.72. The molecule has 0 bridgehead atoms. The van der Waals surface area contributed by atoms with Crippen molar-refractivity contribution in [3.63, 3.8) is 0 Å². The van der Waals surface area contributed by atoms with E-state index in [0.717, 1.165) is 0 Å². The fourth-order valence-electron chi connectivity index (χ4n) is 0. The van der Waals surface area contributed by atoms with Crippen molar-refractivity contribution in [2.45, 2.75) is 6.92 Å². The highest BCUT2D eigenvalue weighted by molar-refractivity contribution is 6.28. The summed E-state index contributed by atoms with van der Waals surface area (Å²) < 4.78 is 0. The van der Waals surface area contributed by atoms with Crippen LogP contribution in [-0.4, -0.2) is 0 Å². The van der Waals surface area contributed by atoms with Crippen LogP contribution in [0, 0.1) is 0 Å². The van der Waals surface area contributed by atoms with E-state index in [1.165, 1.54) is 0 Å². The highest BCUT2D eigenvalue weighted by Crippen LogP contribution is 1.87. The zero-order valence-electron chi connectivity index (χ0n) is 2.59. The minimum absolute atomic E-state index is 0.639. The zero-order chi connectivity index (χ0) is 3.58. The summed E-state index contributed by atoms with van der Waals surface area (Å²) in [6.45, 7) is 5.06. The predicted molar refractivity (Wildman–Crippen MR) is 20.7 cm³/mol. The number of hydrogen-bond acceptors (Lipinski definition) is 0.